The number of hydrogen-bond acceptors (Lipinski definition) is 3. The first-order valence-electron chi connectivity index (χ1n) is 8.75. The lowest BCUT2D eigenvalue weighted by Gasteiger charge is -2.16. The third-order valence-electron chi connectivity index (χ3n) is 4.20. The predicted molar refractivity (Wildman–Crippen MR) is 95.8 cm³/mol. The minimum atomic E-state index is 0.645. The molecule has 0 fully saturated rings. The molecule has 1 aliphatic rings. The fraction of sp³-hybridized carbons (Fsp3) is 0.500. The van der Waals surface area contributed by atoms with Crippen molar-refractivity contribution in [3.63, 3.8) is 0 Å². The van der Waals surface area contributed by atoms with Gasteiger partial charge in [0.15, 0.2) is 11.8 Å². The molecule has 6 nitrogen and oxygen atoms in total. The minimum Gasteiger partial charge on any atom is -0.357 e. The highest BCUT2D eigenvalue weighted by Crippen LogP contribution is 2.14. The van der Waals surface area contributed by atoms with Gasteiger partial charge in [0.05, 0.1) is 13.1 Å². The summed E-state index contributed by atoms with van der Waals surface area (Å²) in [4.78, 5) is 4.67. The van der Waals surface area contributed by atoms with Crippen LogP contribution in [0.5, 0.6) is 0 Å². The minimum absolute atomic E-state index is 0.645. The molecular formula is C18H26N6. The summed E-state index contributed by atoms with van der Waals surface area (Å²) in [6.07, 6.45) is 3.46. The van der Waals surface area contributed by atoms with Gasteiger partial charge in [-0.15, -0.1) is 10.2 Å². The molecule has 2 N–H and O–H groups in total. The first-order valence-corrected chi connectivity index (χ1v) is 8.75. The van der Waals surface area contributed by atoms with Crippen LogP contribution in [0.25, 0.3) is 0 Å². The Morgan fingerprint density at radius 1 is 1.25 bits per heavy atom. The van der Waals surface area contributed by atoms with E-state index in [1.807, 2.05) is 0 Å². The lowest BCUT2D eigenvalue weighted by Crippen LogP contribution is -2.37. The Morgan fingerprint density at radius 2 is 2.17 bits per heavy atom. The summed E-state index contributed by atoms with van der Waals surface area (Å²) >= 11 is 0. The quantitative estimate of drug-likeness (QED) is 0.653. The number of nitrogens with zero attached hydrogens (tertiary/aromatic N) is 4. The average molecular weight is 326 g/mol. The number of nitrogens with one attached hydrogen (secondary N) is 2. The first kappa shape index (κ1) is 16.5. The molecule has 1 aromatic carbocycles. The summed E-state index contributed by atoms with van der Waals surface area (Å²) in [5.74, 6) is 2.91. The molecule has 0 radical (unpaired) electrons. The number of guanidine groups is 1. The van der Waals surface area contributed by atoms with Crippen molar-refractivity contribution in [1.29, 1.82) is 0 Å². The molecule has 0 unspecified atom stereocenters. The SMILES string of the molecule is CCNC(=NCc1cccc(C)c1)NCc1nnc2n1CCCC2. The summed E-state index contributed by atoms with van der Waals surface area (Å²) in [6, 6.07) is 8.45. The molecule has 1 aliphatic heterocycles. The van der Waals surface area contributed by atoms with E-state index >= 15 is 0 Å². The molecule has 0 bridgehead atoms. The number of rotatable bonds is 5. The van der Waals surface area contributed by atoms with Crippen LogP contribution < -0.4 is 10.6 Å². The molecule has 0 atom stereocenters. The zero-order valence-electron chi connectivity index (χ0n) is 14.5. The van der Waals surface area contributed by atoms with Gasteiger partial charge in [-0.2, -0.15) is 0 Å². The van der Waals surface area contributed by atoms with Crippen molar-refractivity contribution < 1.29 is 0 Å². The van der Waals surface area contributed by atoms with Gasteiger partial charge in [0.2, 0.25) is 0 Å². The standard InChI is InChI=1S/C18H26N6/c1-3-19-18(20-12-15-8-6-7-14(2)11-15)21-13-17-23-22-16-9-4-5-10-24(16)17/h6-8,11H,3-5,9-10,12-13H2,1-2H3,(H2,19,20,21). The molecule has 0 aliphatic carbocycles. The maximum absolute atomic E-state index is 4.67. The fourth-order valence-corrected chi connectivity index (χ4v) is 2.98. The summed E-state index contributed by atoms with van der Waals surface area (Å²) < 4.78 is 2.24. The van der Waals surface area contributed by atoms with Crippen LogP contribution in [0.3, 0.4) is 0 Å². The maximum atomic E-state index is 4.67. The first-order chi connectivity index (χ1) is 11.8. The second-order valence-electron chi connectivity index (χ2n) is 6.18. The van der Waals surface area contributed by atoms with E-state index in [0.717, 1.165) is 37.1 Å². The van der Waals surface area contributed by atoms with Crippen LogP contribution in [-0.2, 0) is 26.1 Å². The second kappa shape index (κ2) is 7.95. The van der Waals surface area contributed by atoms with Crippen LogP contribution in [0.15, 0.2) is 29.3 Å². The van der Waals surface area contributed by atoms with Crippen LogP contribution in [0.4, 0.5) is 0 Å². The molecule has 0 spiro atoms. The predicted octanol–water partition coefficient (Wildman–Crippen LogP) is 2.18. The molecular weight excluding hydrogens is 300 g/mol. The number of aliphatic imine (C=N–C) groups is 1. The summed E-state index contributed by atoms with van der Waals surface area (Å²) in [6.45, 7) is 7.34. The number of aryl methyl sites for hydroxylation is 2. The van der Waals surface area contributed by atoms with E-state index in [0.29, 0.717) is 13.1 Å². The van der Waals surface area contributed by atoms with E-state index in [-0.39, 0.29) is 0 Å². The average Bonchev–Trinajstić information content (AvgIpc) is 3.01. The van der Waals surface area contributed by atoms with Gasteiger partial charge < -0.3 is 15.2 Å². The molecule has 2 aromatic rings. The summed E-state index contributed by atoms with van der Waals surface area (Å²) in [5.41, 5.74) is 2.47. The normalized spacial score (nSPS) is 14.3. The molecule has 0 amide bonds. The van der Waals surface area contributed by atoms with E-state index in [9.17, 15) is 0 Å². The molecule has 24 heavy (non-hydrogen) atoms. The molecule has 0 saturated carbocycles. The monoisotopic (exact) mass is 326 g/mol. The van der Waals surface area contributed by atoms with Crippen molar-refractivity contribution in [3.05, 3.63) is 47.0 Å². The molecule has 1 aromatic heterocycles. The highest BCUT2D eigenvalue weighted by molar-refractivity contribution is 5.79. The van der Waals surface area contributed by atoms with Gasteiger partial charge in [0.25, 0.3) is 0 Å². The van der Waals surface area contributed by atoms with E-state index < -0.39 is 0 Å². The van der Waals surface area contributed by atoms with Gasteiger partial charge in [-0.05, 0) is 32.3 Å². The third-order valence-corrected chi connectivity index (χ3v) is 4.20. The lowest BCUT2D eigenvalue weighted by molar-refractivity contribution is 0.504. The van der Waals surface area contributed by atoms with E-state index in [1.165, 1.54) is 24.0 Å². The van der Waals surface area contributed by atoms with Crippen LogP contribution in [0, 0.1) is 6.92 Å². The Balaban J connectivity index is 1.63. The Bertz CT molecular complexity index is 703. The smallest absolute Gasteiger partial charge is 0.191 e. The zero-order chi connectivity index (χ0) is 16.8. The Morgan fingerprint density at radius 3 is 3.00 bits per heavy atom. The maximum Gasteiger partial charge on any atom is 0.191 e. The van der Waals surface area contributed by atoms with E-state index in [1.54, 1.807) is 0 Å². The van der Waals surface area contributed by atoms with Crippen LogP contribution in [0.2, 0.25) is 0 Å². The van der Waals surface area contributed by atoms with E-state index in [2.05, 4.69) is 68.5 Å². The van der Waals surface area contributed by atoms with Crippen LogP contribution in [-0.4, -0.2) is 27.3 Å². The Labute approximate surface area is 143 Å². The highest BCUT2D eigenvalue weighted by atomic mass is 15.3. The molecule has 2 heterocycles. The summed E-state index contributed by atoms with van der Waals surface area (Å²) in [7, 11) is 0. The van der Waals surface area contributed by atoms with Gasteiger partial charge in [0.1, 0.15) is 5.82 Å². The molecule has 128 valence electrons. The molecule has 6 heteroatoms. The fourth-order valence-electron chi connectivity index (χ4n) is 2.98. The highest BCUT2D eigenvalue weighted by Gasteiger charge is 2.15. The van der Waals surface area contributed by atoms with Gasteiger partial charge in [-0.1, -0.05) is 29.8 Å². The van der Waals surface area contributed by atoms with Gasteiger partial charge in [-0.3, -0.25) is 0 Å². The molecule has 0 saturated heterocycles. The summed E-state index contributed by atoms with van der Waals surface area (Å²) in [5, 5.41) is 15.3. The number of hydrogen-bond donors (Lipinski definition) is 2. The van der Waals surface area contributed by atoms with Gasteiger partial charge >= 0.3 is 0 Å². The number of benzene rings is 1. The van der Waals surface area contributed by atoms with Crippen LogP contribution in [0.1, 0.15) is 42.5 Å². The van der Waals surface area contributed by atoms with Crippen molar-refractivity contribution >= 4 is 5.96 Å². The van der Waals surface area contributed by atoms with Crippen molar-refractivity contribution in [2.75, 3.05) is 6.54 Å². The van der Waals surface area contributed by atoms with E-state index in [4.69, 9.17) is 0 Å². The van der Waals surface area contributed by atoms with Gasteiger partial charge in [-0.25, -0.2) is 4.99 Å². The second-order valence-corrected chi connectivity index (χ2v) is 6.18. The van der Waals surface area contributed by atoms with Crippen molar-refractivity contribution in [3.8, 4) is 0 Å². The van der Waals surface area contributed by atoms with Crippen LogP contribution >= 0.6 is 0 Å². The van der Waals surface area contributed by atoms with Gasteiger partial charge in [0, 0.05) is 19.5 Å². The number of fused-ring (bicyclic) bond motifs is 1. The van der Waals surface area contributed by atoms with Crippen molar-refractivity contribution in [2.24, 2.45) is 4.99 Å². The Kier molecular flexibility index (Phi) is 5.46. The van der Waals surface area contributed by atoms with Crippen molar-refractivity contribution in [1.82, 2.24) is 25.4 Å². The zero-order valence-corrected chi connectivity index (χ0v) is 14.5. The third kappa shape index (κ3) is 4.13. The largest absolute Gasteiger partial charge is 0.357 e. The van der Waals surface area contributed by atoms with Crippen molar-refractivity contribution in [2.45, 2.75) is 52.7 Å². The molecule has 3 rings (SSSR count). The topological polar surface area (TPSA) is 67.1 Å². The number of aromatic nitrogens is 3. The Hall–Kier alpha value is -2.37. The lowest BCUT2D eigenvalue weighted by atomic mass is 10.1.